The van der Waals surface area contributed by atoms with Gasteiger partial charge in [0, 0.05) is 31.0 Å². The highest BCUT2D eigenvalue weighted by Gasteiger charge is 2.15. The first-order chi connectivity index (χ1) is 12.5. The van der Waals surface area contributed by atoms with Crippen LogP contribution in [0.1, 0.15) is 40.6 Å². The lowest BCUT2D eigenvalue weighted by atomic mass is 10.2. The van der Waals surface area contributed by atoms with Gasteiger partial charge < -0.3 is 15.0 Å². The number of halogens is 1. The molecule has 2 aromatic rings. The Hall–Kier alpha value is -2.60. The number of unbranched alkanes of at least 4 members (excludes halogenated alkanes) is 1. The molecule has 0 fully saturated rings. The minimum absolute atomic E-state index is 0.208. The predicted octanol–water partition coefficient (Wildman–Crippen LogP) is 3.87. The SMILES string of the molecule is CCCCN(C)C(=O)c1cc(C(=O)Nc2ccc(OC)c(Cl)c2)ccn1. The van der Waals surface area contributed by atoms with Gasteiger partial charge in [0.25, 0.3) is 11.8 Å². The summed E-state index contributed by atoms with van der Waals surface area (Å²) < 4.78 is 5.09. The van der Waals surface area contributed by atoms with Crippen molar-refractivity contribution in [3.05, 3.63) is 52.8 Å². The Labute approximate surface area is 158 Å². The Morgan fingerprint density at radius 1 is 1.27 bits per heavy atom. The van der Waals surface area contributed by atoms with Crippen LogP contribution in [-0.4, -0.2) is 42.4 Å². The highest BCUT2D eigenvalue weighted by atomic mass is 35.5. The second kappa shape index (κ2) is 9.20. The van der Waals surface area contributed by atoms with Gasteiger partial charge in [0.15, 0.2) is 0 Å². The quantitative estimate of drug-likeness (QED) is 0.797. The van der Waals surface area contributed by atoms with Gasteiger partial charge in [0.1, 0.15) is 11.4 Å². The highest BCUT2D eigenvalue weighted by Crippen LogP contribution is 2.27. The second-order valence-electron chi connectivity index (χ2n) is 5.81. The summed E-state index contributed by atoms with van der Waals surface area (Å²) in [6.45, 7) is 2.71. The molecule has 0 saturated heterocycles. The first-order valence-electron chi connectivity index (χ1n) is 8.32. The summed E-state index contributed by atoms with van der Waals surface area (Å²) >= 11 is 6.07. The van der Waals surface area contributed by atoms with Gasteiger partial charge >= 0.3 is 0 Å². The van der Waals surface area contributed by atoms with E-state index in [0.29, 0.717) is 28.6 Å². The third-order valence-electron chi connectivity index (χ3n) is 3.84. The van der Waals surface area contributed by atoms with Gasteiger partial charge in [0.2, 0.25) is 0 Å². The van der Waals surface area contributed by atoms with Gasteiger partial charge in [-0.2, -0.15) is 0 Å². The lowest BCUT2D eigenvalue weighted by molar-refractivity contribution is 0.0787. The summed E-state index contributed by atoms with van der Waals surface area (Å²) in [7, 11) is 3.25. The molecule has 6 nitrogen and oxygen atoms in total. The van der Waals surface area contributed by atoms with Crippen molar-refractivity contribution in [1.82, 2.24) is 9.88 Å². The van der Waals surface area contributed by atoms with Gasteiger partial charge in [-0.05, 0) is 36.8 Å². The molecule has 0 atom stereocenters. The number of carbonyl (C=O) groups is 2. The van der Waals surface area contributed by atoms with Crippen LogP contribution in [0.4, 0.5) is 5.69 Å². The minimum atomic E-state index is -0.348. The van der Waals surface area contributed by atoms with Crippen LogP contribution in [-0.2, 0) is 0 Å². The molecule has 2 rings (SSSR count). The average Bonchev–Trinajstić information content (AvgIpc) is 2.65. The zero-order valence-corrected chi connectivity index (χ0v) is 15.8. The van der Waals surface area contributed by atoms with Crippen LogP contribution in [0.2, 0.25) is 5.02 Å². The maximum absolute atomic E-state index is 12.5. The molecular formula is C19H22ClN3O3. The first kappa shape index (κ1) is 19.7. The number of anilines is 1. The Morgan fingerprint density at radius 2 is 2.04 bits per heavy atom. The summed E-state index contributed by atoms with van der Waals surface area (Å²) in [5.74, 6) is -0.0314. The number of rotatable bonds is 7. The Kier molecular flexibility index (Phi) is 6.97. The van der Waals surface area contributed by atoms with E-state index < -0.39 is 0 Å². The van der Waals surface area contributed by atoms with Crippen molar-refractivity contribution in [3.63, 3.8) is 0 Å². The van der Waals surface area contributed by atoms with Crippen LogP contribution in [0.25, 0.3) is 0 Å². The number of nitrogens with zero attached hydrogens (tertiary/aromatic N) is 2. The molecule has 26 heavy (non-hydrogen) atoms. The smallest absolute Gasteiger partial charge is 0.272 e. The molecule has 0 saturated carbocycles. The standard InChI is InChI=1S/C19H22ClN3O3/c1-4-5-10-23(2)19(25)16-11-13(8-9-21-16)18(24)22-14-6-7-17(26-3)15(20)12-14/h6-9,11-12H,4-5,10H2,1-3H3,(H,22,24). The highest BCUT2D eigenvalue weighted by molar-refractivity contribution is 6.32. The van der Waals surface area contributed by atoms with Crippen LogP contribution in [0.15, 0.2) is 36.5 Å². The molecule has 0 unspecified atom stereocenters. The van der Waals surface area contributed by atoms with Gasteiger partial charge in [-0.3, -0.25) is 14.6 Å². The third kappa shape index (κ3) is 4.95. The van der Waals surface area contributed by atoms with Gasteiger partial charge in [-0.15, -0.1) is 0 Å². The van der Waals surface area contributed by atoms with Crippen molar-refractivity contribution >= 4 is 29.1 Å². The number of amides is 2. The fraction of sp³-hybridized carbons (Fsp3) is 0.316. The fourth-order valence-corrected chi connectivity index (χ4v) is 2.59. The van der Waals surface area contributed by atoms with Crippen molar-refractivity contribution in [2.24, 2.45) is 0 Å². The van der Waals surface area contributed by atoms with E-state index in [1.54, 1.807) is 36.2 Å². The van der Waals surface area contributed by atoms with Crippen LogP contribution >= 0.6 is 11.6 Å². The summed E-state index contributed by atoms with van der Waals surface area (Å²) in [6, 6.07) is 8.01. The molecule has 7 heteroatoms. The third-order valence-corrected chi connectivity index (χ3v) is 4.14. The first-order valence-corrected chi connectivity index (χ1v) is 8.70. The molecule has 0 radical (unpaired) electrons. The molecule has 1 heterocycles. The van der Waals surface area contributed by atoms with Gasteiger partial charge in [-0.1, -0.05) is 24.9 Å². The fourth-order valence-electron chi connectivity index (χ4n) is 2.33. The molecule has 0 aliphatic heterocycles. The monoisotopic (exact) mass is 375 g/mol. The summed E-state index contributed by atoms with van der Waals surface area (Å²) in [5, 5.41) is 3.15. The Bertz CT molecular complexity index is 795. The minimum Gasteiger partial charge on any atom is -0.495 e. The number of hydrogen-bond acceptors (Lipinski definition) is 4. The van der Waals surface area contributed by atoms with Crippen LogP contribution in [0, 0.1) is 0 Å². The molecule has 1 aromatic carbocycles. The van der Waals surface area contributed by atoms with Crippen molar-refractivity contribution in [2.75, 3.05) is 26.0 Å². The van der Waals surface area contributed by atoms with Gasteiger partial charge in [-0.25, -0.2) is 0 Å². The molecule has 0 aliphatic carbocycles. The Balaban J connectivity index is 2.12. The van der Waals surface area contributed by atoms with Crippen molar-refractivity contribution in [1.29, 1.82) is 0 Å². The summed E-state index contributed by atoms with van der Waals surface area (Å²) in [6.07, 6.45) is 3.37. The van der Waals surface area contributed by atoms with Crippen LogP contribution in [0.5, 0.6) is 5.75 Å². The second-order valence-corrected chi connectivity index (χ2v) is 6.22. The molecule has 0 aliphatic rings. The van der Waals surface area contributed by atoms with Crippen molar-refractivity contribution in [3.8, 4) is 5.75 Å². The van der Waals surface area contributed by atoms with E-state index in [2.05, 4.69) is 17.2 Å². The lowest BCUT2D eigenvalue weighted by Gasteiger charge is -2.16. The number of pyridine rings is 1. The van der Waals surface area contributed by atoms with Gasteiger partial charge in [0.05, 0.1) is 12.1 Å². The normalized spacial score (nSPS) is 10.3. The number of nitrogens with one attached hydrogen (secondary N) is 1. The number of hydrogen-bond donors (Lipinski definition) is 1. The van der Waals surface area contributed by atoms with Crippen LogP contribution < -0.4 is 10.1 Å². The maximum atomic E-state index is 12.5. The van der Waals surface area contributed by atoms with Crippen LogP contribution in [0.3, 0.4) is 0 Å². The van der Waals surface area contributed by atoms with E-state index in [4.69, 9.17) is 16.3 Å². The number of benzene rings is 1. The maximum Gasteiger partial charge on any atom is 0.272 e. The summed E-state index contributed by atoms with van der Waals surface area (Å²) in [4.78, 5) is 30.6. The zero-order valence-electron chi connectivity index (χ0n) is 15.1. The number of carbonyl (C=O) groups excluding carboxylic acids is 2. The number of ether oxygens (including phenoxy) is 1. The lowest BCUT2D eigenvalue weighted by Crippen LogP contribution is -2.28. The topological polar surface area (TPSA) is 71.5 Å². The molecule has 0 spiro atoms. The Morgan fingerprint density at radius 3 is 2.69 bits per heavy atom. The average molecular weight is 376 g/mol. The van der Waals surface area contributed by atoms with Crippen molar-refractivity contribution < 1.29 is 14.3 Å². The number of aromatic nitrogens is 1. The number of methoxy groups -OCH3 is 1. The molecule has 2 amide bonds. The molecule has 1 aromatic heterocycles. The van der Waals surface area contributed by atoms with E-state index in [0.717, 1.165) is 12.8 Å². The molecule has 1 N–H and O–H groups in total. The van der Waals surface area contributed by atoms with Crippen molar-refractivity contribution in [2.45, 2.75) is 19.8 Å². The molecular weight excluding hydrogens is 354 g/mol. The molecule has 138 valence electrons. The van der Waals surface area contributed by atoms with E-state index in [-0.39, 0.29) is 17.5 Å². The predicted molar refractivity (Wildman–Crippen MR) is 102 cm³/mol. The molecule has 0 bridgehead atoms. The largest absolute Gasteiger partial charge is 0.495 e. The van der Waals surface area contributed by atoms with E-state index in [1.165, 1.54) is 19.4 Å². The van der Waals surface area contributed by atoms with E-state index in [9.17, 15) is 9.59 Å². The zero-order chi connectivity index (χ0) is 19.1. The van der Waals surface area contributed by atoms with E-state index in [1.807, 2.05) is 0 Å². The summed E-state index contributed by atoms with van der Waals surface area (Å²) in [5.41, 5.74) is 1.12. The van der Waals surface area contributed by atoms with E-state index >= 15 is 0 Å².